The monoisotopic (exact) mass is 415 g/mol. The van der Waals surface area contributed by atoms with Crippen molar-refractivity contribution in [1.29, 1.82) is 0 Å². The van der Waals surface area contributed by atoms with Crippen LogP contribution in [-0.2, 0) is 11.2 Å². The molecule has 0 atom stereocenters. The fraction of sp³-hybridized carbons (Fsp3) is 0.211. The second-order valence-electron chi connectivity index (χ2n) is 5.70. The van der Waals surface area contributed by atoms with Gasteiger partial charge in [0.2, 0.25) is 17.6 Å². The van der Waals surface area contributed by atoms with E-state index in [1.54, 1.807) is 14.0 Å². The third kappa shape index (κ3) is 4.29. The summed E-state index contributed by atoms with van der Waals surface area (Å²) < 4.78 is 11.1. The molecule has 134 valence electrons. The van der Waals surface area contributed by atoms with Crippen LogP contribution in [0.5, 0.6) is 5.75 Å². The maximum Gasteiger partial charge on any atom is 0.224 e. The number of methoxy groups -OCH3 is 1. The summed E-state index contributed by atoms with van der Waals surface area (Å²) in [4.78, 5) is 16.6. The van der Waals surface area contributed by atoms with Crippen molar-refractivity contribution in [3.63, 3.8) is 0 Å². The van der Waals surface area contributed by atoms with Gasteiger partial charge >= 0.3 is 0 Å². The van der Waals surface area contributed by atoms with E-state index in [1.807, 2.05) is 42.5 Å². The van der Waals surface area contributed by atoms with Crippen molar-refractivity contribution < 1.29 is 14.1 Å². The van der Waals surface area contributed by atoms with Crippen LogP contribution >= 0.6 is 15.9 Å². The lowest BCUT2D eigenvalue weighted by Crippen LogP contribution is -2.13. The maximum absolute atomic E-state index is 12.4. The van der Waals surface area contributed by atoms with Crippen LogP contribution in [0.1, 0.15) is 17.9 Å². The van der Waals surface area contributed by atoms with E-state index < -0.39 is 0 Å². The van der Waals surface area contributed by atoms with E-state index in [2.05, 4.69) is 31.4 Å². The number of ether oxygens (including phenoxy) is 1. The zero-order valence-corrected chi connectivity index (χ0v) is 16.0. The quantitative estimate of drug-likeness (QED) is 0.645. The lowest BCUT2D eigenvalue weighted by atomic mass is 10.1. The number of aromatic nitrogens is 2. The summed E-state index contributed by atoms with van der Waals surface area (Å²) in [7, 11) is 1.62. The molecule has 0 saturated carbocycles. The first-order chi connectivity index (χ1) is 12.6. The predicted octanol–water partition coefficient (Wildman–Crippen LogP) is 4.39. The summed E-state index contributed by atoms with van der Waals surface area (Å²) in [6, 6.07) is 13.2. The van der Waals surface area contributed by atoms with Gasteiger partial charge in [-0.3, -0.25) is 4.79 Å². The van der Waals surface area contributed by atoms with Gasteiger partial charge in [0.05, 0.1) is 17.3 Å². The maximum atomic E-state index is 12.4. The minimum absolute atomic E-state index is 0.0791. The Hall–Kier alpha value is -2.67. The van der Waals surface area contributed by atoms with Gasteiger partial charge in [-0.05, 0) is 52.2 Å². The van der Waals surface area contributed by atoms with Crippen molar-refractivity contribution in [3.05, 3.63) is 58.4 Å². The van der Waals surface area contributed by atoms with E-state index in [-0.39, 0.29) is 5.91 Å². The molecule has 2 aromatic carbocycles. The topological polar surface area (TPSA) is 77.2 Å². The smallest absolute Gasteiger partial charge is 0.224 e. The Bertz CT molecular complexity index is 924. The van der Waals surface area contributed by atoms with Gasteiger partial charge in [0.1, 0.15) is 5.75 Å². The molecule has 0 aliphatic carbocycles. The summed E-state index contributed by atoms with van der Waals surface area (Å²) in [6.45, 7) is 1.73. The average Bonchev–Trinajstić information content (AvgIpc) is 3.07. The summed E-state index contributed by atoms with van der Waals surface area (Å²) in [5, 5.41) is 6.85. The molecule has 0 aliphatic rings. The molecular weight excluding hydrogens is 398 g/mol. The summed E-state index contributed by atoms with van der Waals surface area (Å²) in [5.74, 6) is 1.62. The van der Waals surface area contributed by atoms with Gasteiger partial charge in [-0.1, -0.05) is 23.4 Å². The minimum Gasteiger partial charge on any atom is -0.496 e. The second kappa shape index (κ2) is 8.14. The number of anilines is 1. The number of hydrogen-bond donors (Lipinski definition) is 1. The molecule has 1 heterocycles. The second-order valence-corrected chi connectivity index (χ2v) is 6.55. The molecule has 26 heavy (non-hydrogen) atoms. The van der Waals surface area contributed by atoms with Crippen LogP contribution in [-0.4, -0.2) is 23.2 Å². The molecule has 0 aliphatic heterocycles. The SMILES string of the molecule is COc1ccc(CCC(=O)Nc2ccccc2-c2noc(C)n2)cc1Br. The first-order valence-corrected chi connectivity index (χ1v) is 8.88. The molecule has 3 rings (SSSR count). The normalized spacial score (nSPS) is 10.6. The van der Waals surface area contributed by atoms with Gasteiger partial charge in [0.25, 0.3) is 0 Å². The number of benzene rings is 2. The van der Waals surface area contributed by atoms with Gasteiger partial charge in [0.15, 0.2) is 0 Å². The van der Waals surface area contributed by atoms with Crippen molar-refractivity contribution in [2.24, 2.45) is 0 Å². The number of nitrogens with zero attached hydrogens (tertiary/aromatic N) is 2. The number of para-hydroxylation sites is 1. The van der Waals surface area contributed by atoms with Gasteiger partial charge in [-0.25, -0.2) is 0 Å². The first kappa shape index (κ1) is 18.1. The van der Waals surface area contributed by atoms with Crippen LogP contribution in [0, 0.1) is 6.92 Å². The fourth-order valence-corrected chi connectivity index (χ4v) is 3.12. The van der Waals surface area contributed by atoms with Gasteiger partial charge < -0.3 is 14.6 Å². The third-order valence-electron chi connectivity index (χ3n) is 3.83. The van der Waals surface area contributed by atoms with Crippen LogP contribution < -0.4 is 10.1 Å². The van der Waals surface area contributed by atoms with E-state index in [4.69, 9.17) is 9.26 Å². The van der Waals surface area contributed by atoms with Gasteiger partial charge in [-0.2, -0.15) is 4.98 Å². The number of aryl methyl sites for hydroxylation is 2. The lowest BCUT2D eigenvalue weighted by molar-refractivity contribution is -0.116. The van der Waals surface area contributed by atoms with Crippen LogP contribution in [0.15, 0.2) is 51.5 Å². The molecule has 6 nitrogen and oxygen atoms in total. The van der Waals surface area contributed by atoms with E-state index in [9.17, 15) is 4.79 Å². The molecule has 1 N–H and O–H groups in total. The van der Waals surface area contributed by atoms with E-state index >= 15 is 0 Å². The van der Waals surface area contributed by atoms with E-state index in [0.717, 1.165) is 21.3 Å². The Labute approximate surface area is 159 Å². The molecule has 0 fully saturated rings. The molecule has 3 aromatic rings. The third-order valence-corrected chi connectivity index (χ3v) is 4.45. The zero-order valence-electron chi connectivity index (χ0n) is 14.5. The molecule has 0 saturated heterocycles. The van der Waals surface area contributed by atoms with Gasteiger partial charge in [0, 0.05) is 18.9 Å². The molecule has 0 radical (unpaired) electrons. The molecule has 1 amide bonds. The number of nitrogens with one attached hydrogen (secondary N) is 1. The molecule has 0 spiro atoms. The van der Waals surface area contributed by atoms with Crippen LogP contribution in [0.2, 0.25) is 0 Å². The Morgan fingerprint density at radius 2 is 2.08 bits per heavy atom. The highest BCUT2D eigenvalue weighted by Gasteiger charge is 2.13. The van der Waals surface area contributed by atoms with Crippen LogP contribution in [0.3, 0.4) is 0 Å². The lowest BCUT2D eigenvalue weighted by Gasteiger charge is -2.09. The van der Waals surface area contributed by atoms with Crippen molar-refractivity contribution in [1.82, 2.24) is 10.1 Å². The van der Waals surface area contributed by atoms with Gasteiger partial charge in [-0.15, -0.1) is 0 Å². The highest BCUT2D eigenvalue weighted by atomic mass is 79.9. The number of carbonyl (C=O) groups is 1. The molecule has 0 bridgehead atoms. The Morgan fingerprint density at radius 3 is 2.77 bits per heavy atom. The zero-order chi connectivity index (χ0) is 18.5. The number of rotatable bonds is 6. The summed E-state index contributed by atoms with van der Waals surface area (Å²) in [6.07, 6.45) is 0.982. The van der Waals surface area contributed by atoms with Crippen LogP contribution in [0.4, 0.5) is 5.69 Å². The molecular formula is C19H18BrN3O3. The summed E-state index contributed by atoms with van der Waals surface area (Å²) >= 11 is 3.46. The Morgan fingerprint density at radius 1 is 1.27 bits per heavy atom. The van der Waals surface area contributed by atoms with Crippen molar-refractivity contribution in [2.75, 3.05) is 12.4 Å². The number of hydrogen-bond acceptors (Lipinski definition) is 5. The fourth-order valence-electron chi connectivity index (χ4n) is 2.53. The minimum atomic E-state index is -0.0791. The highest BCUT2D eigenvalue weighted by molar-refractivity contribution is 9.10. The van der Waals surface area contributed by atoms with Crippen LogP contribution in [0.25, 0.3) is 11.4 Å². The van der Waals surface area contributed by atoms with E-state index in [0.29, 0.717) is 30.2 Å². The Kier molecular flexibility index (Phi) is 5.68. The predicted molar refractivity (Wildman–Crippen MR) is 102 cm³/mol. The Balaban J connectivity index is 1.66. The van der Waals surface area contributed by atoms with Crippen molar-refractivity contribution >= 4 is 27.5 Å². The number of carbonyl (C=O) groups excluding carboxylic acids is 1. The van der Waals surface area contributed by atoms with Crippen molar-refractivity contribution in [3.8, 4) is 17.1 Å². The van der Waals surface area contributed by atoms with Crippen molar-refractivity contribution in [2.45, 2.75) is 19.8 Å². The molecule has 7 heteroatoms. The average molecular weight is 416 g/mol. The number of halogens is 1. The van der Waals surface area contributed by atoms with E-state index in [1.165, 1.54) is 0 Å². The number of amides is 1. The first-order valence-electron chi connectivity index (χ1n) is 8.09. The molecule has 1 aromatic heterocycles. The summed E-state index contributed by atoms with van der Waals surface area (Å²) in [5.41, 5.74) is 2.44. The highest BCUT2D eigenvalue weighted by Crippen LogP contribution is 2.27. The molecule has 0 unspecified atom stereocenters. The standard InChI is InChI=1S/C19H18BrN3O3/c1-12-21-19(23-26-12)14-5-3-4-6-16(14)22-18(24)10-8-13-7-9-17(25-2)15(20)11-13/h3-7,9,11H,8,10H2,1-2H3,(H,22,24). The largest absolute Gasteiger partial charge is 0.496 e.